The van der Waals surface area contributed by atoms with E-state index in [4.69, 9.17) is 11.6 Å². The molecule has 0 fully saturated rings. The first-order chi connectivity index (χ1) is 7.29. The summed E-state index contributed by atoms with van der Waals surface area (Å²) in [4.78, 5) is 11.4. The van der Waals surface area contributed by atoms with Crippen molar-refractivity contribution in [2.24, 2.45) is 0 Å². The molecule has 88 valence electrons. The largest absolute Gasteiger partial charge is 0.405 e. The van der Waals surface area contributed by atoms with Crippen molar-refractivity contribution in [1.82, 2.24) is 5.32 Å². The van der Waals surface area contributed by atoms with Crippen LogP contribution in [0.3, 0.4) is 0 Å². The van der Waals surface area contributed by atoms with Crippen LogP contribution < -0.4 is 5.32 Å². The summed E-state index contributed by atoms with van der Waals surface area (Å²) in [7, 11) is 0. The molecule has 0 saturated carbocycles. The highest BCUT2D eigenvalue weighted by Crippen LogP contribution is 2.18. The zero-order valence-corrected chi connectivity index (χ0v) is 10.7. The van der Waals surface area contributed by atoms with E-state index in [-0.39, 0.29) is 5.56 Å². The van der Waals surface area contributed by atoms with Crippen molar-refractivity contribution in [3.63, 3.8) is 0 Å². The van der Waals surface area contributed by atoms with E-state index in [0.717, 1.165) is 0 Å². The van der Waals surface area contributed by atoms with Gasteiger partial charge in [0.25, 0.3) is 5.91 Å². The number of alkyl halides is 3. The summed E-state index contributed by atoms with van der Waals surface area (Å²) in [6, 6.07) is 4.45. The second kappa shape index (κ2) is 5.22. The monoisotopic (exact) mass is 363 g/mol. The molecule has 0 aromatic heterocycles. The van der Waals surface area contributed by atoms with Crippen LogP contribution in [0.4, 0.5) is 13.2 Å². The summed E-state index contributed by atoms with van der Waals surface area (Å²) < 4.78 is 36.1. The molecule has 0 atom stereocenters. The minimum atomic E-state index is -4.42. The van der Waals surface area contributed by atoms with Gasteiger partial charge in [-0.2, -0.15) is 13.2 Å². The Morgan fingerprint density at radius 1 is 1.44 bits per heavy atom. The number of carbonyl (C=O) groups is 1. The minimum Gasteiger partial charge on any atom is -0.343 e. The average Bonchev–Trinajstić information content (AvgIpc) is 2.17. The number of carbonyl (C=O) groups excluding carboxylic acids is 1. The van der Waals surface area contributed by atoms with Gasteiger partial charge in [0, 0.05) is 8.59 Å². The number of hydrogen-bond acceptors (Lipinski definition) is 1. The Bertz CT molecular complexity index is 408. The van der Waals surface area contributed by atoms with E-state index in [0.29, 0.717) is 8.59 Å². The fourth-order valence-corrected chi connectivity index (χ4v) is 1.70. The fraction of sp³-hybridized carbons (Fsp3) is 0.222. The summed E-state index contributed by atoms with van der Waals surface area (Å²) in [5, 5.41) is 2.08. The maximum absolute atomic E-state index is 11.9. The van der Waals surface area contributed by atoms with Crippen LogP contribution in [0.2, 0.25) is 5.02 Å². The molecular weight excluding hydrogens is 357 g/mol. The van der Waals surface area contributed by atoms with E-state index in [9.17, 15) is 18.0 Å². The maximum atomic E-state index is 11.9. The molecule has 16 heavy (non-hydrogen) atoms. The second-order valence-corrected chi connectivity index (χ2v) is 4.52. The second-order valence-electron chi connectivity index (χ2n) is 2.92. The van der Waals surface area contributed by atoms with Crippen molar-refractivity contribution in [2.45, 2.75) is 6.18 Å². The van der Waals surface area contributed by atoms with Gasteiger partial charge in [0.2, 0.25) is 0 Å². The lowest BCUT2D eigenvalue weighted by atomic mass is 10.2. The van der Waals surface area contributed by atoms with Gasteiger partial charge in [-0.25, -0.2) is 0 Å². The fourth-order valence-electron chi connectivity index (χ4n) is 0.947. The smallest absolute Gasteiger partial charge is 0.343 e. The zero-order chi connectivity index (χ0) is 12.3. The lowest BCUT2D eigenvalue weighted by Crippen LogP contribution is -2.34. The highest BCUT2D eigenvalue weighted by atomic mass is 127. The normalized spacial score (nSPS) is 11.3. The molecule has 0 heterocycles. The van der Waals surface area contributed by atoms with Gasteiger partial charge < -0.3 is 5.32 Å². The molecule has 0 bridgehead atoms. The molecule has 0 radical (unpaired) electrons. The minimum absolute atomic E-state index is 0.136. The van der Waals surface area contributed by atoms with Gasteiger partial charge in [0.05, 0.1) is 5.56 Å². The Labute approximate surface area is 108 Å². The molecule has 0 unspecified atom stereocenters. The Morgan fingerprint density at radius 2 is 2.06 bits per heavy atom. The van der Waals surface area contributed by atoms with Gasteiger partial charge in [-0.15, -0.1) is 0 Å². The van der Waals surface area contributed by atoms with Crippen LogP contribution in [-0.2, 0) is 0 Å². The first kappa shape index (κ1) is 13.6. The van der Waals surface area contributed by atoms with Crippen molar-refractivity contribution >= 4 is 40.1 Å². The molecule has 0 aliphatic heterocycles. The molecule has 1 aromatic carbocycles. The Kier molecular flexibility index (Phi) is 4.43. The van der Waals surface area contributed by atoms with Crippen molar-refractivity contribution in [3.8, 4) is 0 Å². The van der Waals surface area contributed by atoms with Gasteiger partial charge in [0.15, 0.2) is 0 Å². The predicted octanol–water partition coefficient (Wildman–Crippen LogP) is 3.24. The van der Waals surface area contributed by atoms with Crippen LogP contribution in [0, 0.1) is 3.57 Å². The molecular formula is C9H6ClF3INO. The third-order valence-electron chi connectivity index (χ3n) is 1.62. The topological polar surface area (TPSA) is 29.1 Å². The highest BCUT2D eigenvalue weighted by Gasteiger charge is 2.28. The quantitative estimate of drug-likeness (QED) is 0.803. The van der Waals surface area contributed by atoms with E-state index in [1.807, 2.05) is 22.6 Å². The molecule has 1 N–H and O–H groups in total. The van der Waals surface area contributed by atoms with Crippen LogP contribution >= 0.6 is 34.2 Å². The predicted molar refractivity (Wildman–Crippen MR) is 62.6 cm³/mol. The van der Waals surface area contributed by atoms with Gasteiger partial charge in [-0.1, -0.05) is 11.6 Å². The van der Waals surface area contributed by atoms with Gasteiger partial charge >= 0.3 is 6.18 Å². The third-order valence-corrected chi connectivity index (χ3v) is 2.80. The Balaban J connectivity index is 2.77. The summed E-state index contributed by atoms with van der Waals surface area (Å²) in [6.07, 6.45) is -4.42. The lowest BCUT2D eigenvalue weighted by Gasteiger charge is -2.09. The van der Waals surface area contributed by atoms with Crippen LogP contribution in [0.15, 0.2) is 18.2 Å². The number of amides is 1. The van der Waals surface area contributed by atoms with Gasteiger partial charge in [-0.05, 0) is 40.8 Å². The van der Waals surface area contributed by atoms with E-state index < -0.39 is 18.6 Å². The molecule has 1 aromatic rings. The molecule has 0 aliphatic rings. The van der Waals surface area contributed by atoms with Crippen molar-refractivity contribution < 1.29 is 18.0 Å². The van der Waals surface area contributed by atoms with Crippen molar-refractivity contribution in [2.75, 3.05) is 6.54 Å². The molecule has 0 aliphatic carbocycles. The SMILES string of the molecule is O=C(NCC(F)(F)F)c1cc(Cl)ccc1I. The Hall–Kier alpha value is -0.500. The molecule has 7 heteroatoms. The first-order valence-corrected chi connectivity index (χ1v) is 5.55. The number of rotatable bonds is 2. The summed E-state index contributed by atoms with van der Waals surface area (Å²) in [5.41, 5.74) is 0.136. The van der Waals surface area contributed by atoms with Crippen molar-refractivity contribution in [1.29, 1.82) is 0 Å². The molecule has 0 spiro atoms. The molecule has 2 nitrogen and oxygen atoms in total. The van der Waals surface area contributed by atoms with E-state index in [1.54, 1.807) is 17.4 Å². The van der Waals surface area contributed by atoms with E-state index in [1.165, 1.54) is 6.07 Å². The Morgan fingerprint density at radius 3 is 2.62 bits per heavy atom. The molecule has 1 amide bonds. The summed E-state index contributed by atoms with van der Waals surface area (Å²) >= 11 is 7.50. The molecule has 0 saturated heterocycles. The highest BCUT2D eigenvalue weighted by molar-refractivity contribution is 14.1. The van der Waals surface area contributed by atoms with E-state index in [2.05, 4.69) is 0 Å². The van der Waals surface area contributed by atoms with Crippen molar-refractivity contribution in [3.05, 3.63) is 32.4 Å². The maximum Gasteiger partial charge on any atom is 0.405 e. The number of halogens is 5. The van der Waals surface area contributed by atoms with Crippen LogP contribution in [0.1, 0.15) is 10.4 Å². The number of nitrogens with one attached hydrogen (secondary N) is 1. The van der Waals surface area contributed by atoms with Crippen LogP contribution in [0.25, 0.3) is 0 Å². The summed E-state index contributed by atoms with van der Waals surface area (Å²) in [6.45, 7) is -1.35. The zero-order valence-electron chi connectivity index (χ0n) is 7.74. The standard InChI is InChI=1S/C9H6ClF3INO/c10-5-1-2-7(14)6(3-5)8(16)15-4-9(11,12)13/h1-3H,4H2,(H,15,16). The lowest BCUT2D eigenvalue weighted by molar-refractivity contribution is -0.123. The van der Waals surface area contributed by atoms with Crippen LogP contribution in [0.5, 0.6) is 0 Å². The number of benzene rings is 1. The number of hydrogen-bond donors (Lipinski definition) is 1. The summed E-state index contributed by atoms with van der Waals surface area (Å²) in [5.74, 6) is -0.788. The third kappa shape index (κ3) is 4.17. The van der Waals surface area contributed by atoms with Gasteiger partial charge in [-0.3, -0.25) is 4.79 Å². The van der Waals surface area contributed by atoms with Gasteiger partial charge in [0.1, 0.15) is 6.54 Å². The average molecular weight is 364 g/mol. The molecule has 1 rings (SSSR count). The van der Waals surface area contributed by atoms with E-state index >= 15 is 0 Å². The first-order valence-electron chi connectivity index (χ1n) is 4.09. The van der Waals surface area contributed by atoms with Crippen LogP contribution in [-0.4, -0.2) is 18.6 Å².